The number of rotatable bonds is 11. The van der Waals surface area contributed by atoms with Crippen LogP contribution in [0.25, 0.3) is 0 Å². The van der Waals surface area contributed by atoms with Crippen LogP contribution in [0.3, 0.4) is 0 Å². The van der Waals surface area contributed by atoms with Gasteiger partial charge in [0, 0.05) is 12.3 Å². The molecule has 0 fully saturated rings. The molecular weight excluding hydrogens is 334 g/mol. The molecule has 6 nitrogen and oxygen atoms in total. The number of hydrogen-bond acceptors (Lipinski definition) is 5. The van der Waals surface area contributed by atoms with Gasteiger partial charge in [-0.3, -0.25) is 4.79 Å². The molecule has 0 aromatic heterocycles. The van der Waals surface area contributed by atoms with Gasteiger partial charge in [0.2, 0.25) is 0 Å². The first kappa shape index (κ1) is 22.0. The number of anilines is 1. The summed E-state index contributed by atoms with van der Waals surface area (Å²) >= 11 is 0. The lowest BCUT2D eigenvalue weighted by atomic mass is 10.0. The summed E-state index contributed by atoms with van der Waals surface area (Å²) in [5.41, 5.74) is -0.120. The maximum Gasteiger partial charge on any atom is 0.341 e. The molecule has 146 valence electrons. The van der Waals surface area contributed by atoms with Crippen LogP contribution in [0.4, 0.5) is 5.69 Å². The second-order valence-electron chi connectivity index (χ2n) is 6.10. The van der Waals surface area contributed by atoms with Crippen LogP contribution >= 0.6 is 0 Å². The standard InChI is InChI=1S/C20H31NO5/c1-6-10-13-25-17-12-11-15(14-16(17)18(22)24-8-3)21-19(23)20(5,7-2)26-9-4/h11-12,14H,6-10,13H2,1-5H3,(H,21,23). The van der Waals surface area contributed by atoms with Gasteiger partial charge >= 0.3 is 5.97 Å². The minimum absolute atomic E-state index is 0.253. The lowest BCUT2D eigenvalue weighted by Gasteiger charge is -2.27. The Bertz CT molecular complexity index is 602. The Balaban J connectivity index is 3.04. The molecule has 6 heteroatoms. The zero-order valence-electron chi connectivity index (χ0n) is 16.5. The Morgan fingerprint density at radius 2 is 1.85 bits per heavy atom. The van der Waals surface area contributed by atoms with Gasteiger partial charge in [-0.15, -0.1) is 0 Å². The summed E-state index contributed by atoms with van der Waals surface area (Å²) in [6.45, 7) is 10.5. The molecule has 1 amide bonds. The van der Waals surface area contributed by atoms with E-state index >= 15 is 0 Å². The van der Waals surface area contributed by atoms with Gasteiger partial charge in [-0.25, -0.2) is 4.79 Å². The fourth-order valence-corrected chi connectivity index (χ4v) is 2.34. The highest BCUT2D eigenvalue weighted by molar-refractivity contribution is 5.99. The van der Waals surface area contributed by atoms with Crippen LogP contribution in [0.5, 0.6) is 5.75 Å². The number of amides is 1. The first-order chi connectivity index (χ1) is 12.4. The smallest absolute Gasteiger partial charge is 0.341 e. The van der Waals surface area contributed by atoms with Crippen LogP contribution in [0, 0.1) is 0 Å². The van der Waals surface area contributed by atoms with Gasteiger partial charge in [0.25, 0.3) is 5.91 Å². The lowest BCUT2D eigenvalue weighted by molar-refractivity contribution is -0.139. The number of carbonyl (C=O) groups is 2. The lowest BCUT2D eigenvalue weighted by Crippen LogP contribution is -2.42. The van der Waals surface area contributed by atoms with Gasteiger partial charge in [-0.1, -0.05) is 20.3 Å². The van der Waals surface area contributed by atoms with Gasteiger partial charge in [-0.2, -0.15) is 0 Å². The highest BCUT2D eigenvalue weighted by Crippen LogP contribution is 2.26. The molecule has 1 atom stereocenters. The van der Waals surface area contributed by atoms with Crippen molar-refractivity contribution in [2.75, 3.05) is 25.1 Å². The molecule has 0 saturated heterocycles. The number of nitrogens with one attached hydrogen (secondary N) is 1. The van der Waals surface area contributed by atoms with Crippen LogP contribution in [0.1, 0.15) is 64.2 Å². The third kappa shape index (κ3) is 6.02. The second kappa shape index (κ2) is 10.8. The molecule has 1 N–H and O–H groups in total. The van der Waals surface area contributed by atoms with Crippen molar-refractivity contribution >= 4 is 17.6 Å². The molecule has 0 heterocycles. The molecule has 26 heavy (non-hydrogen) atoms. The summed E-state index contributed by atoms with van der Waals surface area (Å²) in [6.07, 6.45) is 2.43. The number of unbranched alkanes of at least 4 members (excludes halogenated alkanes) is 1. The van der Waals surface area contributed by atoms with E-state index in [-0.39, 0.29) is 12.5 Å². The molecule has 0 radical (unpaired) electrons. The molecule has 0 spiro atoms. The van der Waals surface area contributed by atoms with E-state index in [4.69, 9.17) is 14.2 Å². The fraction of sp³-hybridized carbons (Fsp3) is 0.600. The van der Waals surface area contributed by atoms with Crippen molar-refractivity contribution in [2.24, 2.45) is 0 Å². The van der Waals surface area contributed by atoms with E-state index in [0.29, 0.717) is 36.6 Å². The average Bonchev–Trinajstić information content (AvgIpc) is 2.63. The number of ether oxygens (including phenoxy) is 3. The minimum atomic E-state index is -0.921. The van der Waals surface area contributed by atoms with Crippen LogP contribution < -0.4 is 10.1 Å². The van der Waals surface area contributed by atoms with Crippen molar-refractivity contribution in [3.05, 3.63) is 23.8 Å². The minimum Gasteiger partial charge on any atom is -0.493 e. The van der Waals surface area contributed by atoms with E-state index in [2.05, 4.69) is 12.2 Å². The molecular formula is C20H31NO5. The van der Waals surface area contributed by atoms with Gasteiger partial charge in [0.05, 0.1) is 13.2 Å². The Morgan fingerprint density at radius 1 is 1.12 bits per heavy atom. The van der Waals surface area contributed by atoms with Gasteiger partial charge in [0.1, 0.15) is 16.9 Å². The van der Waals surface area contributed by atoms with E-state index in [1.165, 1.54) is 0 Å². The normalized spacial score (nSPS) is 13.0. The first-order valence-electron chi connectivity index (χ1n) is 9.31. The van der Waals surface area contributed by atoms with E-state index < -0.39 is 11.6 Å². The van der Waals surface area contributed by atoms with Crippen LogP contribution in [-0.2, 0) is 14.3 Å². The molecule has 1 rings (SSSR count). The fourth-order valence-electron chi connectivity index (χ4n) is 2.34. The third-order valence-electron chi connectivity index (χ3n) is 4.11. The van der Waals surface area contributed by atoms with Crippen LogP contribution in [-0.4, -0.2) is 37.3 Å². The van der Waals surface area contributed by atoms with Crippen molar-refractivity contribution in [3.63, 3.8) is 0 Å². The largest absolute Gasteiger partial charge is 0.493 e. The number of benzene rings is 1. The van der Waals surface area contributed by atoms with Gasteiger partial charge < -0.3 is 19.5 Å². The van der Waals surface area contributed by atoms with E-state index in [1.54, 1.807) is 32.0 Å². The average molecular weight is 365 g/mol. The molecule has 1 aromatic rings. The SMILES string of the molecule is CCCCOc1ccc(NC(=O)C(C)(CC)OCC)cc1C(=O)OCC. The van der Waals surface area contributed by atoms with Crippen molar-refractivity contribution < 1.29 is 23.8 Å². The Kier molecular flexibility index (Phi) is 9.13. The quantitative estimate of drug-likeness (QED) is 0.470. The topological polar surface area (TPSA) is 73.9 Å². The summed E-state index contributed by atoms with van der Waals surface area (Å²) in [7, 11) is 0. The molecule has 0 bridgehead atoms. The van der Waals surface area contributed by atoms with Crippen molar-refractivity contribution in [1.82, 2.24) is 0 Å². The number of carbonyl (C=O) groups excluding carboxylic acids is 2. The Hall–Kier alpha value is -2.08. The molecule has 0 aliphatic rings. The summed E-state index contributed by atoms with van der Waals surface area (Å²) in [4.78, 5) is 24.8. The van der Waals surface area contributed by atoms with Gasteiger partial charge in [0.15, 0.2) is 0 Å². The molecule has 0 aliphatic carbocycles. The summed E-state index contributed by atoms with van der Waals surface area (Å²) in [5.74, 6) is -0.271. The summed E-state index contributed by atoms with van der Waals surface area (Å²) < 4.78 is 16.4. The molecule has 0 saturated carbocycles. The maximum absolute atomic E-state index is 12.6. The predicted molar refractivity (Wildman–Crippen MR) is 102 cm³/mol. The summed E-state index contributed by atoms with van der Waals surface area (Å²) in [5, 5.41) is 2.82. The van der Waals surface area contributed by atoms with Crippen LogP contribution in [0.2, 0.25) is 0 Å². The van der Waals surface area contributed by atoms with Gasteiger partial charge in [-0.05, 0) is 51.8 Å². The number of esters is 1. The predicted octanol–water partition coefficient (Wildman–Crippen LogP) is 4.19. The zero-order valence-corrected chi connectivity index (χ0v) is 16.5. The van der Waals surface area contributed by atoms with Crippen LogP contribution in [0.15, 0.2) is 18.2 Å². The monoisotopic (exact) mass is 365 g/mol. The summed E-state index contributed by atoms with van der Waals surface area (Å²) in [6, 6.07) is 4.98. The van der Waals surface area contributed by atoms with E-state index in [0.717, 1.165) is 12.8 Å². The maximum atomic E-state index is 12.6. The van der Waals surface area contributed by atoms with Crippen molar-refractivity contribution in [2.45, 2.75) is 59.5 Å². The Morgan fingerprint density at radius 3 is 2.42 bits per heavy atom. The highest BCUT2D eigenvalue weighted by atomic mass is 16.5. The number of hydrogen-bond donors (Lipinski definition) is 1. The van der Waals surface area contributed by atoms with E-state index in [1.807, 2.05) is 13.8 Å². The highest BCUT2D eigenvalue weighted by Gasteiger charge is 2.32. The Labute approximate surface area is 156 Å². The zero-order chi connectivity index (χ0) is 19.6. The first-order valence-corrected chi connectivity index (χ1v) is 9.31. The molecule has 1 aromatic carbocycles. The second-order valence-corrected chi connectivity index (χ2v) is 6.10. The van der Waals surface area contributed by atoms with Crippen molar-refractivity contribution in [1.29, 1.82) is 0 Å². The van der Waals surface area contributed by atoms with Crippen molar-refractivity contribution in [3.8, 4) is 5.75 Å². The molecule has 0 aliphatic heterocycles. The van der Waals surface area contributed by atoms with E-state index in [9.17, 15) is 9.59 Å². The molecule has 1 unspecified atom stereocenters. The third-order valence-corrected chi connectivity index (χ3v) is 4.11.